The molecule has 3 nitrogen and oxygen atoms in total. The molecule has 0 unspecified atom stereocenters. The first-order chi connectivity index (χ1) is 9.16. The summed E-state index contributed by atoms with van der Waals surface area (Å²) >= 11 is 0. The van der Waals surface area contributed by atoms with E-state index in [0.717, 1.165) is 16.8 Å². The van der Waals surface area contributed by atoms with Crippen LogP contribution >= 0.6 is 0 Å². The SMILES string of the molecule is CC(=O)c1cccc(N2Cc3ccccc3C2=O)c1. The van der Waals surface area contributed by atoms with E-state index in [0.29, 0.717) is 12.1 Å². The number of amides is 1. The average molecular weight is 251 g/mol. The molecule has 0 fully saturated rings. The summed E-state index contributed by atoms with van der Waals surface area (Å²) in [7, 11) is 0. The predicted molar refractivity (Wildman–Crippen MR) is 73.4 cm³/mol. The van der Waals surface area contributed by atoms with Crippen molar-refractivity contribution in [2.24, 2.45) is 0 Å². The van der Waals surface area contributed by atoms with E-state index in [1.165, 1.54) is 6.92 Å². The summed E-state index contributed by atoms with van der Waals surface area (Å²) in [4.78, 5) is 25.4. The van der Waals surface area contributed by atoms with Gasteiger partial charge in [-0.15, -0.1) is 0 Å². The molecule has 94 valence electrons. The fourth-order valence-corrected chi connectivity index (χ4v) is 2.36. The number of anilines is 1. The zero-order valence-electron chi connectivity index (χ0n) is 10.6. The molecule has 2 aromatic rings. The largest absolute Gasteiger partial charge is 0.304 e. The van der Waals surface area contributed by atoms with E-state index >= 15 is 0 Å². The van der Waals surface area contributed by atoms with Crippen molar-refractivity contribution in [1.29, 1.82) is 0 Å². The van der Waals surface area contributed by atoms with Gasteiger partial charge in [0.15, 0.2) is 5.78 Å². The van der Waals surface area contributed by atoms with Crippen molar-refractivity contribution in [2.45, 2.75) is 13.5 Å². The van der Waals surface area contributed by atoms with E-state index in [1.807, 2.05) is 36.4 Å². The second-order valence-electron chi connectivity index (χ2n) is 4.65. The molecular formula is C16H13NO2. The van der Waals surface area contributed by atoms with Gasteiger partial charge in [0.2, 0.25) is 0 Å². The molecule has 0 spiro atoms. The zero-order valence-corrected chi connectivity index (χ0v) is 10.6. The Labute approximate surface area is 111 Å². The standard InChI is InChI=1S/C16H13NO2/c1-11(18)12-6-4-7-14(9-12)17-10-13-5-2-3-8-15(13)16(17)19/h2-9H,10H2,1H3. The van der Waals surface area contributed by atoms with E-state index in [2.05, 4.69) is 0 Å². The molecule has 0 aromatic heterocycles. The molecule has 2 aromatic carbocycles. The Kier molecular flexibility index (Phi) is 2.67. The van der Waals surface area contributed by atoms with Crippen LogP contribution in [0.1, 0.15) is 33.2 Å². The maximum atomic E-state index is 12.3. The first kappa shape index (κ1) is 11.7. The maximum absolute atomic E-state index is 12.3. The van der Waals surface area contributed by atoms with Gasteiger partial charge in [0.1, 0.15) is 0 Å². The maximum Gasteiger partial charge on any atom is 0.258 e. The highest BCUT2D eigenvalue weighted by molar-refractivity contribution is 6.10. The van der Waals surface area contributed by atoms with Gasteiger partial charge in [-0.25, -0.2) is 0 Å². The van der Waals surface area contributed by atoms with Crippen LogP contribution in [0.3, 0.4) is 0 Å². The van der Waals surface area contributed by atoms with E-state index in [4.69, 9.17) is 0 Å². The van der Waals surface area contributed by atoms with Crippen LogP contribution in [-0.2, 0) is 6.54 Å². The number of nitrogens with zero attached hydrogens (tertiary/aromatic N) is 1. The fraction of sp³-hybridized carbons (Fsp3) is 0.125. The second kappa shape index (κ2) is 4.35. The van der Waals surface area contributed by atoms with Gasteiger partial charge >= 0.3 is 0 Å². The molecule has 0 N–H and O–H groups in total. The Bertz CT molecular complexity index is 676. The molecule has 19 heavy (non-hydrogen) atoms. The van der Waals surface area contributed by atoms with Crippen molar-refractivity contribution >= 4 is 17.4 Å². The normalized spacial score (nSPS) is 13.5. The van der Waals surface area contributed by atoms with Gasteiger partial charge in [-0.2, -0.15) is 0 Å². The molecule has 1 amide bonds. The highest BCUT2D eigenvalue weighted by Crippen LogP contribution is 2.28. The molecule has 0 aliphatic carbocycles. The minimum atomic E-state index is -0.00342. The van der Waals surface area contributed by atoms with Crippen molar-refractivity contribution in [3.63, 3.8) is 0 Å². The quantitative estimate of drug-likeness (QED) is 0.769. The lowest BCUT2D eigenvalue weighted by atomic mass is 10.1. The van der Waals surface area contributed by atoms with Crippen molar-refractivity contribution in [1.82, 2.24) is 0 Å². The number of fused-ring (bicyclic) bond motifs is 1. The number of hydrogen-bond donors (Lipinski definition) is 0. The third kappa shape index (κ3) is 1.93. The van der Waals surface area contributed by atoms with Crippen LogP contribution in [0.5, 0.6) is 0 Å². The van der Waals surface area contributed by atoms with Crippen molar-refractivity contribution in [3.8, 4) is 0 Å². The lowest BCUT2D eigenvalue weighted by Gasteiger charge is -2.16. The monoisotopic (exact) mass is 251 g/mol. The van der Waals surface area contributed by atoms with E-state index in [9.17, 15) is 9.59 Å². The molecule has 1 aliphatic rings. The Balaban J connectivity index is 2.00. The Hall–Kier alpha value is -2.42. The van der Waals surface area contributed by atoms with Crippen molar-refractivity contribution in [3.05, 3.63) is 65.2 Å². The van der Waals surface area contributed by atoms with Crippen LogP contribution in [0, 0.1) is 0 Å². The first-order valence-corrected chi connectivity index (χ1v) is 6.17. The first-order valence-electron chi connectivity index (χ1n) is 6.17. The number of ketones is 1. The molecule has 0 radical (unpaired) electrons. The zero-order chi connectivity index (χ0) is 13.4. The number of benzene rings is 2. The summed E-state index contributed by atoms with van der Waals surface area (Å²) in [5.74, 6) is 0.00214. The third-order valence-electron chi connectivity index (χ3n) is 3.39. The number of rotatable bonds is 2. The van der Waals surface area contributed by atoms with Crippen LogP contribution in [0.25, 0.3) is 0 Å². The van der Waals surface area contributed by atoms with Crippen molar-refractivity contribution < 1.29 is 9.59 Å². The van der Waals surface area contributed by atoms with Crippen LogP contribution in [0.4, 0.5) is 5.69 Å². The second-order valence-corrected chi connectivity index (χ2v) is 4.65. The van der Waals surface area contributed by atoms with Crippen LogP contribution in [0.2, 0.25) is 0 Å². The van der Waals surface area contributed by atoms with E-state index < -0.39 is 0 Å². The van der Waals surface area contributed by atoms with Crippen LogP contribution < -0.4 is 4.90 Å². The number of carbonyl (C=O) groups excluding carboxylic acids is 2. The smallest absolute Gasteiger partial charge is 0.258 e. The molecule has 1 aliphatic heterocycles. The van der Waals surface area contributed by atoms with Gasteiger partial charge < -0.3 is 4.90 Å². The van der Waals surface area contributed by atoms with Crippen LogP contribution in [-0.4, -0.2) is 11.7 Å². The van der Waals surface area contributed by atoms with Gasteiger partial charge in [-0.1, -0.05) is 30.3 Å². The fourth-order valence-electron chi connectivity index (χ4n) is 2.36. The van der Waals surface area contributed by atoms with Gasteiger partial charge in [-0.05, 0) is 30.7 Å². The van der Waals surface area contributed by atoms with Gasteiger partial charge in [0.25, 0.3) is 5.91 Å². The summed E-state index contributed by atoms with van der Waals surface area (Å²) in [5.41, 5.74) is 3.17. The lowest BCUT2D eigenvalue weighted by molar-refractivity contribution is 0.0991. The van der Waals surface area contributed by atoms with Crippen molar-refractivity contribution in [2.75, 3.05) is 4.90 Å². The molecular weight excluding hydrogens is 238 g/mol. The third-order valence-corrected chi connectivity index (χ3v) is 3.39. The summed E-state index contributed by atoms with van der Waals surface area (Å²) < 4.78 is 0. The number of carbonyl (C=O) groups is 2. The highest BCUT2D eigenvalue weighted by Gasteiger charge is 2.27. The van der Waals surface area contributed by atoms with Gasteiger partial charge in [-0.3, -0.25) is 9.59 Å². The Morgan fingerprint density at radius 1 is 1.11 bits per heavy atom. The molecule has 3 heteroatoms. The molecule has 0 saturated carbocycles. The van der Waals surface area contributed by atoms with Crippen LogP contribution in [0.15, 0.2) is 48.5 Å². The topological polar surface area (TPSA) is 37.4 Å². The summed E-state index contributed by atoms with van der Waals surface area (Å²) in [6, 6.07) is 14.8. The van der Waals surface area contributed by atoms with E-state index in [1.54, 1.807) is 17.0 Å². The highest BCUT2D eigenvalue weighted by atomic mass is 16.2. The molecule has 0 atom stereocenters. The predicted octanol–water partition coefficient (Wildman–Crippen LogP) is 3.05. The van der Waals surface area contributed by atoms with E-state index in [-0.39, 0.29) is 11.7 Å². The minimum absolute atomic E-state index is 0.00342. The molecule has 0 saturated heterocycles. The number of Topliss-reactive ketones (excluding diaryl/α,β-unsaturated/α-hetero) is 1. The lowest BCUT2D eigenvalue weighted by Crippen LogP contribution is -2.23. The molecule has 0 bridgehead atoms. The van der Waals surface area contributed by atoms with Gasteiger partial charge in [0.05, 0.1) is 6.54 Å². The Morgan fingerprint density at radius 3 is 2.63 bits per heavy atom. The Morgan fingerprint density at radius 2 is 1.89 bits per heavy atom. The summed E-state index contributed by atoms with van der Waals surface area (Å²) in [6.45, 7) is 2.09. The van der Waals surface area contributed by atoms with Gasteiger partial charge in [0, 0.05) is 16.8 Å². The summed E-state index contributed by atoms with van der Waals surface area (Å²) in [6.07, 6.45) is 0. The number of hydrogen-bond acceptors (Lipinski definition) is 2. The summed E-state index contributed by atoms with van der Waals surface area (Å²) in [5, 5.41) is 0. The molecule has 1 heterocycles. The molecule has 3 rings (SSSR count). The minimum Gasteiger partial charge on any atom is -0.304 e. The average Bonchev–Trinajstić information content (AvgIpc) is 2.77.